The maximum Gasteiger partial charge on any atom is 0.136 e. The molecule has 11 aromatic rings. The molecule has 0 aliphatic heterocycles. The fraction of sp³-hybridized carbons (Fsp3) is 0. The maximum absolute atomic E-state index is 9.65. The highest BCUT2D eigenvalue weighted by atomic mass is 16.3. The lowest BCUT2D eigenvalue weighted by Crippen LogP contribution is -1.92. The van der Waals surface area contributed by atoms with Crippen LogP contribution in [0.3, 0.4) is 0 Å². The average Bonchev–Trinajstić information content (AvgIpc) is 3.77. The van der Waals surface area contributed by atoms with Gasteiger partial charge in [0.25, 0.3) is 0 Å². The fourth-order valence-corrected chi connectivity index (χ4v) is 7.46. The van der Waals surface area contributed by atoms with E-state index in [2.05, 4.69) is 0 Å². The molecular formula is C52H32O. The molecule has 0 amide bonds. The molecule has 0 aliphatic rings. The van der Waals surface area contributed by atoms with Gasteiger partial charge in [-0.3, -0.25) is 0 Å². The summed E-state index contributed by atoms with van der Waals surface area (Å²) in [5.74, 6) is 0. The molecule has 0 atom stereocenters. The molecule has 0 saturated carbocycles. The van der Waals surface area contributed by atoms with Crippen LogP contribution in [0.4, 0.5) is 0 Å². The lowest BCUT2D eigenvalue weighted by atomic mass is 9.83. The normalized spacial score (nSPS) is 16.8. The summed E-state index contributed by atoms with van der Waals surface area (Å²) >= 11 is 0. The molecule has 11 rings (SSSR count). The quantitative estimate of drug-likeness (QED) is 0.167. The first-order valence-electron chi connectivity index (χ1n) is 26.2. The van der Waals surface area contributed by atoms with Crippen molar-refractivity contribution < 1.29 is 30.5 Å². The Kier molecular flexibility index (Phi) is 3.69. The summed E-state index contributed by atoms with van der Waals surface area (Å²) in [6.07, 6.45) is 0. The molecule has 246 valence electrons. The molecule has 0 radical (unpaired) electrons. The number of furan rings is 1. The number of para-hydroxylation sites is 1. The minimum Gasteiger partial charge on any atom is -0.456 e. The average molecular weight is 692 g/mol. The highest BCUT2D eigenvalue weighted by molar-refractivity contribution is 6.25. The van der Waals surface area contributed by atoms with Gasteiger partial charge in [0.05, 0.1) is 26.0 Å². The van der Waals surface area contributed by atoms with E-state index in [1.54, 1.807) is 18.2 Å². The summed E-state index contributed by atoms with van der Waals surface area (Å²) in [5, 5.41) is 0.600. The van der Waals surface area contributed by atoms with E-state index in [4.69, 9.17) is 19.5 Å². The smallest absolute Gasteiger partial charge is 0.136 e. The van der Waals surface area contributed by atoms with Gasteiger partial charge in [0.15, 0.2) is 0 Å². The molecule has 0 saturated heterocycles. The van der Waals surface area contributed by atoms with E-state index >= 15 is 0 Å². The van der Waals surface area contributed by atoms with E-state index in [-0.39, 0.29) is 16.3 Å². The molecule has 0 fully saturated rings. The zero-order valence-electron chi connectivity index (χ0n) is 46.4. The highest BCUT2D eigenvalue weighted by Gasteiger charge is 2.20. The van der Waals surface area contributed by atoms with Gasteiger partial charge < -0.3 is 4.42 Å². The molecule has 0 N–H and O–H groups in total. The van der Waals surface area contributed by atoms with Gasteiger partial charge in [0.1, 0.15) is 11.2 Å². The van der Waals surface area contributed by atoms with Crippen molar-refractivity contribution >= 4 is 65.0 Å². The van der Waals surface area contributed by atoms with Crippen molar-refractivity contribution in [1.29, 1.82) is 0 Å². The van der Waals surface area contributed by atoms with Crippen molar-refractivity contribution in [3.05, 3.63) is 194 Å². The molecule has 10 aromatic carbocycles. The number of hydrogen-bond donors (Lipinski definition) is 0. The Morgan fingerprint density at radius 1 is 0.321 bits per heavy atom. The zero-order chi connectivity index (χ0) is 51.4. The molecule has 1 nitrogen and oxygen atoms in total. The number of benzene rings is 10. The Balaban J connectivity index is 1.31. The summed E-state index contributed by atoms with van der Waals surface area (Å²) in [6.45, 7) is 0. The molecule has 1 heterocycles. The number of hydrogen-bond acceptors (Lipinski definition) is 1. The van der Waals surface area contributed by atoms with Gasteiger partial charge in [-0.2, -0.15) is 0 Å². The SMILES string of the molecule is [2H]c1c([2H])c(-c2c3c([2H])c([2H])c([2H])c([2H])c3c(-c3ccc(-c4cccc5oc6ccccc6c45)c4ccccc34)c3c([2H])c([2H])c([2H])c([2H])c23)c([2H])c([2H])c1-c1c([2H])c([2H])c([2H])c2c([2H])c([2H])c([2H])c([2H])c12. The summed E-state index contributed by atoms with van der Waals surface area (Å²) in [4.78, 5) is 0. The van der Waals surface area contributed by atoms with Crippen LogP contribution in [0.2, 0.25) is 0 Å². The molecule has 53 heavy (non-hydrogen) atoms. The van der Waals surface area contributed by atoms with Crippen molar-refractivity contribution in [2.24, 2.45) is 0 Å². The second kappa shape index (κ2) is 11.8. The van der Waals surface area contributed by atoms with Gasteiger partial charge in [-0.1, -0.05) is 182 Å². The Morgan fingerprint density at radius 2 is 0.868 bits per heavy atom. The van der Waals surface area contributed by atoms with Gasteiger partial charge in [-0.15, -0.1) is 0 Å². The topological polar surface area (TPSA) is 13.1 Å². The molecular weight excluding hydrogens is 641 g/mol. The third kappa shape index (κ3) is 4.58. The lowest BCUT2D eigenvalue weighted by molar-refractivity contribution is 0.669. The van der Waals surface area contributed by atoms with Gasteiger partial charge in [-0.25, -0.2) is 0 Å². The molecule has 1 heteroatoms. The predicted molar refractivity (Wildman–Crippen MR) is 225 cm³/mol. The van der Waals surface area contributed by atoms with Crippen LogP contribution in [0.25, 0.3) is 110 Å². The van der Waals surface area contributed by atoms with E-state index in [9.17, 15) is 11.0 Å². The molecule has 0 bridgehead atoms. The largest absolute Gasteiger partial charge is 0.456 e. The highest BCUT2D eigenvalue weighted by Crippen LogP contribution is 2.47. The van der Waals surface area contributed by atoms with Crippen LogP contribution >= 0.6 is 0 Å². The van der Waals surface area contributed by atoms with E-state index in [0.717, 1.165) is 21.9 Å². The Morgan fingerprint density at radius 3 is 1.60 bits per heavy atom. The first-order valence-corrected chi connectivity index (χ1v) is 16.7. The Hall–Kier alpha value is -6.96. The lowest BCUT2D eigenvalue weighted by Gasteiger charge is -2.20. The van der Waals surface area contributed by atoms with E-state index in [0.29, 0.717) is 27.5 Å². The van der Waals surface area contributed by atoms with Crippen molar-refractivity contribution in [3.8, 4) is 44.5 Å². The van der Waals surface area contributed by atoms with Crippen LogP contribution in [0.5, 0.6) is 0 Å². The Labute approximate surface area is 333 Å². The minimum atomic E-state index is -0.917. The summed E-state index contributed by atoms with van der Waals surface area (Å²) in [6, 6.07) is 9.27. The van der Waals surface area contributed by atoms with E-state index < -0.39 is 159 Å². The molecule has 0 unspecified atom stereocenters. The van der Waals surface area contributed by atoms with E-state index in [1.165, 1.54) is 0 Å². The van der Waals surface area contributed by atoms with Crippen LogP contribution in [-0.2, 0) is 0 Å². The summed E-state index contributed by atoms with van der Waals surface area (Å²) in [7, 11) is 0. The number of fused-ring (bicyclic) bond motifs is 7. The monoisotopic (exact) mass is 691 g/mol. The third-order valence-corrected chi connectivity index (χ3v) is 9.70. The van der Waals surface area contributed by atoms with Crippen LogP contribution in [0, 0.1) is 0 Å². The van der Waals surface area contributed by atoms with Crippen LogP contribution in [0.1, 0.15) is 26.0 Å². The summed E-state index contributed by atoms with van der Waals surface area (Å²) < 4.78 is 179. The summed E-state index contributed by atoms with van der Waals surface area (Å²) in [5.41, 5.74) is 0.740. The Bertz CT molecular complexity index is 4210. The van der Waals surface area contributed by atoms with Crippen molar-refractivity contribution in [1.82, 2.24) is 0 Å². The number of rotatable bonds is 4. The third-order valence-electron chi connectivity index (χ3n) is 9.70. The first kappa shape index (κ1) is 16.6. The van der Waals surface area contributed by atoms with Gasteiger partial charge in [-0.05, 0) is 99.7 Å². The van der Waals surface area contributed by atoms with Crippen LogP contribution in [0.15, 0.2) is 198 Å². The van der Waals surface area contributed by atoms with Gasteiger partial charge in [0.2, 0.25) is 0 Å². The van der Waals surface area contributed by atoms with Gasteiger partial charge in [0, 0.05) is 10.8 Å². The molecule has 0 aliphatic carbocycles. The van der Waals surface area contributed by atoms with Crippen LogP contribution in [-0.4, -0.2) is 0 Å². The first-order chi connectivity index (χ1) is 34.2. The van der Waals surface area contributed by atoms with Crippen molar-refractivity contribution in [3.63, 3.8) is 0 Å². The van der Waals surface area contributed by atoms with Gasteiger partial charge >= 0.3 is 0 Å². The minimum absolute atomic E-state index is 0.0257. The molecule has 0 spiro atoms. The van der Waals surface area contributed by atoms with Crippen LogP contribution < -0.4 is 0 Å². The second-order valence-electron chi connectivity index (χ2n) is 12.5. The standard InChI is InChI=1S/C52H32O/c1-2-15-36-33(13-1)14-11-23-37(36)34-27-29-35(30-28-34)50-42-18-5-7-20-44(42)51(45-21-8-6-19-43(45)50)46-32-31-40(38-16-3-4-17-39(38)46)41-24-12-26-49-52(41)47-22-9-10-25-48(47)53-49/h1-32H/i1D,2D,5D,6D,7D,8D,11D,13D,14D,15D,18D,19D,20D,21D,23D,27D,28D,29D,30D. The second-order valence-corrected chi connectivity index (χ2v) is 12.5. The maximum atomic E-state index is 9.65. The zero-order valence-corrected chi connectivity index (χ0v) is 27.4. The fourth-order valence-electron chi connectivity index (χ4n) is 7.46. The van der Waals surface area contributed by atoms with E-state index in [1.807, 2.05) is 60.7 Å². The predicted octanol–water partition coefficient (Wildman–Crippen LogP) is 14.9. The van der Waals surface area contributed by atoms with Crippen molar-refractivity contribution in [2.75, 3.05) is 0 Å². The molecule has 1 aromatic heterocycles. The van der Waals surface area contributed by atoms with Crippen molar-refractivity contribution in [2.45, 2.75) is 0 Å².